The maximum atomic E-state index is 14.1. The summed E-state index contributed by atoms with van der Waals surface area (Å²) in [6.07, 6.45) is 2.25. The van der Waals surface area contributed by atoms with E-state index in [9.17, 15) is 19.5 Å². The van der Waals surface area contributed by atoms with Crippen molar-refractivity contribution in [3.05, 3.63) is 24.3 Å². The monoisotopic (exact) mass is 517 g/mol. The fraction of sp³-hybridized carbons (Fsp3) is 0.667. The molecular weight excluding hydrogens is 478 g/mol. The molecule has 3 aliphatic heterocycles. The summed E-state index contributed by atoms with van der Waals surface area (Å²) in [5.74, 6) is -0.940. The molecule has 0 aromatic heterocycles. The predicted octanol–water partition coefficient (Wildman–Crippen LogP) is 3.05. The third-order valence-electron chi connectivity index (χ3n) is 8.00. The molecule has 1 aromatic carbocycles. The molecule has 9 heteroatoms. The second-order valence-electron chi connectivity index (χ2n) is 10.5. The molecule has 0 saturated carbocycles. The molecule has 2 bridgehead atoms. The van der Waals surface area contributed by atoms with Gasteiger partial charge < -0.3 is 25.4 Å². The lowest BCUT2D eigenvalue weighted by Gasteiger charge is -2.39. The van der Waals surface area contributed by atoms with Gasteiger partial charge in [-0.2, -0.15) is 0 Å². The normalized spacial score (nSPS) is 30.3. The first kappa shape index (κ1) is 26.8. The number of amides is 3. The van der Waals surface area contributed by atoms with Crippen LogP contribution < -0.4 is 15.4 Å². The lowest BCUT2D eigenvalue weighted by Crippen LogP contribution is -2.58. The second kappa shape index (κ2) is 10.6. The Kier molecular flexibility index (Phi) is 7.90. The Morgan fingerprint density at radius 3 is 2.47 bits per heavy atom. The standard InChI is InChI=1S/C27H39N3O5S/c1-6-16(5)19(14-31)30-23(25(33)28-15(3)4)27-13-12-20(36-27)21(22(27)26(30)34)24(32)29-17-8-10-18(11-9-17)35-7-2/h8-11,15-16,19-23,31H,6-7,12-14H2,1-5H3,(H,28,33)(H,29,32)/t16-,19-,20+,21-,22-,23?,27?/m0/s1. The van der Waals surface area contributed by atoms with E-state index in [1.807, 2.05) is 46.8 Å². The summed E-state index contributed by atoms with van der Waals surface area (Å²) in [4.78, 5) is 43.0. The Bertz CT molecular complexity index is 986. The molecule has 1 spiro atoms. The number of nitrogens with zero attached hydrogens (tertiary/aromatic N) is 1. The van der Waals surface area contributed by atoms with E-state index in [0.29, 0.717) is 18.7 Å². The van der Waals surface area contributed by atoms with Crippen LogP contribution in [0.1, 0.15) is 53.9 Å². The van der Waals surface area contributed by atoms with E-state index in [2.05, 4.69) is 10.6 Å². The molecule has 8 nitrogen and oxygen atoms in total. The number of rotatable bonds is 10. The highest BCUT2D eigenvalue weighted by Crippen LogP contribution is 2.66. The van der Waals surface area contributed by atoms with Crippen molar-refractivity contribution in [1.29, 1.82) is 0 Å². The van der Waals surface area contributed by atoms with Crippen LogP contribution in [-0.4, -0.2) is 69.1 Å². The molecule has 7 atom stereocenters. The van der Waals surface area contributed by atoms with Crippen LogP contribution in [-0.2, 0) is 14.4 Å². The summed E-state index contributed by atoms with van der Waals surface area (Å²) in [6.45, 7) is 10.1. The average Bonchev–Trinajstić information content (AvgIpc) is 3.48. The number of anilines is 1. The van der Waals surface area contributed by atoms with Gasteiger partial charge in [-0.25, -0.2) is 0 Å². The van der Waals surface area contributed by atoms with Crippen LogP contribution in [0.4, 0.5) is 5.69 Å². The lowest BCUT2D eigenvalue weighted by molar-refractivity contribution is -0.143. The van der Waals surface area contributed by atoms with Crippen molar-refractivity contribution in [3.8, 4) is 5.75 Å². The zero-order chi connectivity index (χ0) is 26.2. The van der Waals surface area contributed by atoms with E-state index in [4.69, 9.17) is 4.74 Å². The molecule has 0 aliphatic carbocycles. The molecule has 1 aromatic rings. The first-order chi connectivity index (χ1) is 17.2. The third kappa shape index (κ3) is 4.49. The van der Waals surface area contributed by atoms with Crippen LogP contribution in [0.2, 0.25) is 0 Å². The van der Waals surface area contributed by atoms with Gasteiger partial charge in [0.25, 0.3) is 0 Å². The fourth-order valence-corrected chi connectivity index (χ4v) is 8.46. The molecular formula is C27H39N3O5S. The van der Waals surface area contributed by atoms with Crippen molar-refractivity contribution >= 4 is 35.2 Å². The van der Waals surface area contributed by atoms with Gasteiger partial charge in [-0.05, 0) is 63.8 Å². The number of thioether (sulfide) groups is 1. The third-order valence-corrected chi connectivity index (χ3v) is 9.95. The van der Waals surface area contributed by atoms with Crippen LogP contribution in [0.25, 0.3) is 0 Å². The highest BCUT2D eigenvalue weighted by molar-refractivity contribution is 8.02. The fourth-order valence-electron chi connectivity index (χ4n) is 6.25. The van der Waals surface area contributed by atoms with E-state index in [-0.39, 0.29) is 41.5 Å². The number of ether oxygens (including phenoxy) is 1. The molecule has 36 heavy (non-hydrogen) atoms. The van der Waals surface area contributed by atoms with E-state index >= 15 is 0 Å². The van der Waals surface area contributed by atoms with Crippen molar-refractivity contribution in [2.24, 2.45) is 17.8 Å². The molecule has 3 amide bonds. The summed E-state index contributed by atoms with van der Waals surface area (Å²) in [5.41, 5.74) is 0.648. The first-order valence-corrected chi connectivity index (χ1v) is 14.0. The van der Waals surface area contributed by atoms with Gasteiger partial charge in [0.1, 0.15) is 11.8 Å². The number of hydrogen-bond acceptors (Lipinski definition) is 6. The Hall–Kier alpha value is -2.26. The van der Waals surface area contributed by atoms with Gasteiger partial charge in [0, 0.05) is 17.0 Å². The summed E-state index contributed by atoms with van der Waals surface area (Å²) in [6, 6.07) is 5.95. The Labute approximate surface area is 217 Å². The topological polar surface area (TPSA) is 108 Å². The van der Waals surface area contributed by atoms with Gasteiger partial charge in [0.15, 0.2) is 0 Å². The van der Waals surface area contributed by atoms with Gasteiger partial charge in [-0.1, -0.05) is 20.3 Å². The van der Waals surface area contributed by atoms with Gasteiger partial charge in [0.2, 0.25) is 17.7 Å². The minimum Gasteiger partial charge on any atom is -0.494 e. The average molecular weight is 518 g/mol. The lowest BCUT2D eigenvalue weighted by atomic mass is 9.70. The second-order valence-corrected chi connectivity index (χ2v) is 12.1. The number of hydrogen-bond donors (Lipinski definition) is 3. The molecule has 0 radical (unpaired) electrons. The first-order valence-electron chi connectivity index (χ1n) is 13.1. The molecule has 3 heterocycles. The van der Waals surface area contributed by atoms with E-state index in [1.165, 1.54) is 0 Å². The van der Waals surface area contributed by atoms with Crippen molar-refractivity contribution in [2.45, 2.75) is 82.0 Å². The zero-order valence-electron chi connectivity index (χ0n) is 21.8. The van der Waals surface area contributed by atoms with Gasteiger partial charge in [0.05, 0.1) is 35.8 Å². The summed E-state index contributed by atoms with van der Waals surface area (Å²) >= 11 is 1.64. The minimum absolute atomic E-state index is 0.0156. The van der Waals surface area contributed by atoms with E-state index in [1.54, 1.807) is 28.8 Å². The molecule has 198 valence electrons. The largest absolute Gasteiger partial charge is 0.494 e. The number of carbonyl (C=O) groups excluding carboxylic acids is 3. The van der Waals surface area contributed by atoms with Crippen molar-refractivity contribution in [1.82, 2.24) is 10.2 Å². The maximum Gasteiger partial charge on any atom is 0.244 e. The maximum absolute atomic E-state index is 14.1. The van der Waals surface area contributed by atoms with E-state index in [0.717, 1.165) is 18.6 Å². The molecule has 3 fully saturated rings. The molecule has 3 saturated heterocycles. The van der Waals surface area contributed by atoms with Crippen molar-refractivity contribution in [2.75, 3.05) is 18.5 Å². The Balaban J connectivity index is 1.66. The zero-order valence-corrected chi connectivity index (χ0v) is 22.6. The number of likely N-dealkylation sites (tertiary alicyclic amines) is 1. The van der Waals surface area contributed by atoms with Crippen molar-refractivity contribution < 1.29 is 24.2 Å². The number of carbonyl (C=O) groups is 3. The SMILES string of the molecule is CCOc1ccc(NC(=O)[C@@H]2[C@H]3C(=O)N([C@@H](CO)[C@@H](C)CC)C(C(=O)NC(C)C)C34CC[C@H]2S4)cc1. The Morgan fingerprint density at radius 1 is 1.19 bits per heavy atom. The molecule has 3 N–H and O–H groups in total. The van der Waals surface area contributed by atoms with Crippen LogP contribution >= 0.6 is 11.8 Å². The number of aliphatic hydroxyl groups excluding tert-OH is 1. The van der Waals surface area contributed by atoms with Gasteiger partial charge >= 0.3 is 0 Å². The van der Waals surface area contributed by atoms with Crippen LogP contribution in [0.3, 0.4) is 0 Å². The number of nitrogens with one attached hydrogen (secondary N) is 2. The smallest absolute Gasteiger partial charge is 0.244 e. The molecule has 4 rings (SSSR count). The van der Waals surface area contributed by atoms with Crippen LogP contribution in [0.5, 0.6) is 5.75 Å². The summed E-state index contributed by atoms with van der Waals surface area (Å²) < 4.78 is 4.82. The van der Waals surface area contributed by atoms with Gasteiger partial charge in [-0.3, -0.25) is 14.4 Å². The number of benzene rings is 1. The molecule has 3 aliphatic rings. The van der Waals surface area contributed by atoms with Crippen LogP contribution in [0.15, 0.2) is 24.3 Å². The number of aliphatic hydroxyl groups is 1. The summed E-state index contributed by atoms with van der Waals surface area (Å²) in [5, 5.41) is 16.3. The molecule has 2 unspecified atom stereocenters. The van der Waals surface area contributed by atoms with Gasteiger partial charge in [-0.15, -0.1) is 11.8 Å². The van der Waals surface area contributed by atoms with Crippen LogP contribution in [0, 0.1) is 17.8 Å². The minimum atomic E-state index is -0.707. The van der Waals surface area contributed by atoms with E-state index < -0.39 is 28.7 Å². The summed E-state index contributed by atoms with van der Waals surface area (Å²) in [7, 11) is 0. The number of fused-ring (bicyclic) bond motifs is 1. The highest BCUT2D eigenvalue weighted by Gasteiger charge is 2.74. The Morgan fingerprint density at radius 2 is 1.89 bits per heavy atom. The van der Waals surface area contributed by atoms with Crippen molar-refractivity contribution in [3.63, 3.8) is 0 Å². The quantitative estimate of drug-likeness (QED) is 0.440. The highest BCUT2D eigenvalue weighted by atomic mass is 32.2. The predicted molar refractivity (Wildman–Crippen MR) is 141 cm³/mol.